The topological polar surface area (TPSA) is 44.9 Å². The van der Waals surface area contributed by atoms with E-state index in [0.717, 1.165) is 42.7 Å². The fourth-order valence-electron chi connectivity index (χ4n) is 3.34. The second-order valence-electron chi connectivity index (χ2n) is 6.59. The normalized spacial score (nSPS) is 15.0. The summed E-state index contributed by atoms with van der Waals surface area (Å²) < 4.78 is 14.8. The molecule has 0 bridgehead atoms. The van der Waals surface area contributed by atoms with Crippen molar-refractivity contribution in [1.82, 2.24) is 9.78 Å². The van der Waals surface area contributed by atoms with E-state index in [4.69, 9.17) is 5.26 Å². The molecule has 0 aliphatic carbocycles. The largest absolute Gasteiger partial charge is 0.371 e. The van der Waals surface area contributed by atoms with Crippen LogP contribution < -0.4 is 4.90 Å². The number of rotatable bonds is 3. The van der Waals surface area contributed by atoms with E-state index in [9.17, 15) is 4.39 Å². The van der Waals surface area contributed by atoms with E-state index in [1.807, 2.05) is 12.4 Å². The number of piperidine rings is 1. The first-order valence-electron chi connectivity index (χ1n) is 8.78. The molecule has 2 aromatic carbocycles. The van der Waals surface area contributed by atoms with Crippen LogP contribution in [0.1, 0.15) is 12.8 Å². The lowest BCUT2D eigenvalue weighted by Gasteiger charge is -2.31. The van der Waals surface area contributed by atoms with E-state index in [-0.39, 0.29) is 11.7 Å². The molecule has 0 unspecified atom stereocenters. The summed E-state index contributed by atoms with van der Waals surface area (Å²) in [6.07, 6.45) is 5.63. The van der Waals surface area contributed by atoms with Crippen molar-refractivity contribution in [2.45, 2.75) is 12.8 Å². The van der Waals surface area contributed by atoms with E-state index in [0.29, 0.717) is 0 Å². The molecule has 4 nitrogen and oxygen atoms in total. The molecule has 1 aliphatic heterocycles. The van der Waals surface area contributed by atoms with Gasteiger partial charge in [0.25, 0.3) is 0 Å². The van der Waals surface area contributed by atoms with Gasteiger partial charge < -0.3 is 4.90 Å². The molecule has 2 heterocycles. The van der Waals surface area contributed by atoms with Crippen LogP contribution >= 0.6 is 0 Å². The Hall–Kier alpha value is -3.13. The highest BCUT2D eigenvalue weighted by Gasteiger charge is 2.18. The Bertz CT molecular complexity index is 914. The molecular formula is C21H19FN4. The quantitative estimate of drug-likeness (QED) is 0.705. The monoisotopic (exact) mass is 346 g/mol. The van der Waals surface area contributed by atoms with Gasteiger partial charge in [-0.25, -0.2) is 9.07 Å². The fourth-order valence-corrected chi connectivity index (χ4v) is 3.34. The highest BCUT2D eigenvalue weighted by molar-refractivity contribution is 5.65. The van der Waals surface area contributed by atoms with Crippen LogP contribution in [-0.4, -0.2) is 22.9 Å². The van der Waals surface area contributed by atoms with Crippen LogP contribution in [0.4, 0.5) is 10.1 Å². The van der Waals surface area contributed by atoms with Gasteiger partial charge in [0, 0.05) is 36.5 Å². The minimum Gasteiger partial charge on any atom is -0.371 e. The first-order chi connectivity index (χ1) is 12.7. The predicted octanol–water partition coefficient (Wildman–Crippen LogP) is 4.42. The Balaban J connectivity index is 1.49. The molecule has 1 aliphatic rings. The van der Waals surface area contributed by atoms with Gasteiger partial charge in [0.05, 0.1) is 18.0 Å². The summed E-state index contributed by atoms with van der Waals surface area (Å²) in [6, 6.07) is 17.1. The lowest BCUT2D eigenvalue weighted by Crippen LogP contribution is -2.33. The molecule has 4 rings (SSSR count). The Kier molecular flexibility index (Phi) is 4.40. The zero-order valence-electron chi connectivity index (χ0n) is 14.3. The Morgan fingerprint density at radius 1 is 0.923 bits per heavy atom. The highest BCUT2D eigenvalue weighted by atomic mass is 19.1. The minimum atomic E-state index is -0.254. The lowest BCUT2D eigenvalue weighted by molar-refractivity contribution is 0.488. The van der Waals surface area contributed by atoms with Crippen molar-refractivity contribution < 1.29 is 4.39 Å². The first kappa shape index (κ1) is 16.3. The van der Waals surface area contributed by atoms with Crippen molar-refractivity contribution in [2.24, 2.45) is 5.92 Å². The number of aromatic nitrogens is 2. The summed E-state index contributed by atoms with van der Waals surface area (Å²) in [7, 11) is 0. The summed E-state index contributed by atoms with van der Waals surface area (Å²) in [6.45, 7) is 1.86. The van der Waals surface area contributed by atoms with E-state index < -0.39 is 0 Å². The van der Waals surface area contributed by atoms with Crippen molar-refractivity contribution in [1.29, 1.82) is 5.26 Å². The van der Waals surface area contributed by atoms with Gasteiger partial charge in [0.1, 0.15) is 5.82 Å². The van der Waals surface area contributed by atoms with E-state index in [1.54, 1.807) is 16.8 Å². The molecular weight excluding hydrogens is 327 g/mol. The van der Waals surface area contributed by atoms with Crippen molar-refractivity contribution in [3.63, 3.8) is 0 Å². The number of nitrogens with zero attached hydrogens (tertiary/aromatic N) is 4. The maximum absolute atomic E-state index is 13.1. The average Bonchev–Trinajstić information content (AvgIpc) is 3.19. The molecule has 26 heavy (non-hydrogen) atoms. The SMILES string of the molecule is N#CC1CCN(c2ccc(-c3cnn(-c4ccc(F)cc4)c3)cc2)CC1. The zero-order chi connectivity index (χ0) is 17.9. The van der Waals surface area contributed by atoms with Gasteiger partial charge in [-0.05, 0) is 54.8 Å². The van der Waals surface area contributed by atoms with Crippen LogP contribution in [0.2, 0.25) is 0 Å². The van der Waals surface area contributed by atoms with Gasteiger partial charge in [0.15, 0.2) is 0 Å². The summed E-state index contributed by atoms with van der Waals surface area (Å²) >= 11 is 0. The predicted molar refractivity (Wildman–Crippen MR) is 99.5 cm³/mol. The molecule has 1 saturated heterocycles. The minimum absolute atomic E-state index is 0.197. The molecule has 130 valence electrons. The van der Waals surface area contributed by atoms with Crippen LogP contribution in [-0.2, 0) is 0 Å². The number of benzene rings is 2. The smallest absolute Gasteiger partial charge is 0.123 e. The molecule has 0 spiro atoms. The van der Waals surface area contributed by atoms with Gasteiger partial charge in [-0.3, -0.25) is 0 Å². The molecule has 0 atom stereocenters. The summed E-state index contributed by atoms with van der Waals surface area (Å²) in [5.41, 5.74) is 4.13. The molecule has 0 N–H and O–H groups in total. The third-order valence-electron chi connectivity index (χ3n) is 4.92. The van der Waals surface area contributed by atoms with E-state index in [1.165, 1.54) is 17.8 Å². The Morgan fingerprint density at radius 2 is 1.58 bits per heavy atom. The average molecular weight is 346 g/mol. The standard InChI is InChI=1S/C21H19FN4/c22-19-3-7-21(8-4-19)26-15-18(14-24-26)17-1-5-20(6-2-17)25-11-9-16(13-23)10-12-25/h1-8,14-16H,9-12H2. The molecule has 0 radical (unpaired) electrons. The molecule has 1 fully saturated rings. The van der Waals surface area contributed by atoms with Crippen molar-refractivity contribution in [2.75, 3.05) is 18.0 Å². The summed E-state index contributed by atoms with van der Waals surface area (Å²) in [5, 5.41) is 13.4. The van der Waals surface area contributed by atoms with Crippen molar-refractivity contribution >= 4 is 5.69 Å². The molecule has 0 saturated carbocycles. The number of anilines is 1. The van der Waals surface area contributed by atoms with Crippen LogP contribution in [0.15, 0.2) is 60.9 Å². The molecule has 1 aromatic heterocycles. The molecule has 3 aromatic rings. The highest BCUT2D eigenvalue weighted by Crippen LogP contribution is 2.26. The second kappa shape index (κ2) is 7.01. The van der Waals surface area contributed by atoms with E-state index in [2.05, 4.69) is 40.3 Å². The van der Waals surface area contributed by atoms with Gasteiger partial charge in [0.2, 0.25) is 0 Å². The maximum Gasteiger partial charge on any atom is 0.123 e. The molecule has 5 heteroatoms. The van der Waals surface area contributed by atoms with Crippen molar-refractivity contribution in [3.05, 3.63) is 66.7 Å². The van der Waals surface area contributed by atoms with Gasteiger partial charge in [-0.15, -0.1) is 0 Å². The number of hydrogen-bond donors (Lipinski definition) is 0. The fraction of sp³-hybridized carbons (Fsp3) is 0.238. The van der Waals surface area contributed by atoms with Crippen LogP contribution in [0, 0.1) is 23.1 Å². The maximum atomic E-state index is 13.1. The number of nitriles is 1. The van der Waals surface area contributed by atoms with Crippen LogP contribution in [0.3, 0.4) is 0 Å². The van der Waals surface area contributed by atoms with Crippen LogP contribution in [0.25, 0.3) is 16.8 Å². The summed E-state index contributed by atoms with van der Waals surface area (Å²) in [4.78, 5) is 2.33. The van der Waals surface area contributed by atoms with E-state index >= 15 is 0 Å². The van der Waals surface area contributed by atoms with Crippen molar-refractivity contribution in [3.8, 4) is 22.9 Å². The number of hydrogen-bond acceptors (Lipinski definition) is 3. The van der Waals surface area contributed by atoms with Gasteiger partial charge in [-0.2, -0.15) is 10.4 Å². The second-order valence-corrected chi connectivity index (χ2v) is 6.59. The Morgan fingerprint density at radius 3 is 2.23 bits per heavy atom. The third kappa shape index (κ3) is 3.31. The third-order valence-corrected chi connectivity index (χ3v) is 4.92. The van der Waals surface area contributed by atoms with Gasteiger partial charge in [-0.1, -0.05) is 12.1 Å². The lowest BCUT2D eigenvalue weighted by atomic mass is 9.98. The Labute approximate surface area is 152 Å². The first-order valence-corrected chi connectivity index (χ1v) is 8.78. The molecule has 0 amide bonds. The van der Waals surface area contributed by atoms with Gasteiger partial charge >= 0.3 is 0 Å². The van der Waals surface area contributed by atoms with Crippen LogP contribution in [0.5, 0.6) is 0 Å². The zero-order valence-corrected chi connectivity index (χ0v) is 14.3. The number of halogens is 1. The summed E-state index contributed by atoms with van der Waals surface area (Å²) in [5.74, 6) is -0.0571.